The fourth-order valence-corrected chi connectivity index (χ4v) is 4.24. The molecule has 216 valence electrons. The first-order valence-corrected chi connectivity index (χ1v) is 17.1. The maximum atomic E-state index is 10.8. The average Bonchev–Trinajstić information content (AvgIpc) is 2.86. The quantitative estimate of drug-likeness (QED) is 0.398. The van der Waals surface area contributed by atoms with Crippen LogP contribution in [-0.2, 0) is 22.0 Å². The molecule has 7 heteroatoms. The van der Waals surface area contributed by atoms with Gasteiger partial charge in [0.05, 0.1) is 22.0 Å². The van der Waals surface area contributed by atoms with Crippen molar-refractivity contribution >= 4 is 22.0 Å². The molecule has 0 spiro atoms. The van der Waals surface area contributed by atoms with Gasteiger partial charge in [0.1, 0.15) is 0 Å². The molecule has 34 heavy (non-hydrogen) atoms. The highest BCUT2D eigenvalue weighted by molar-refractivity contribution is 7.82. The van der Waals surface area contributed by atoms with Crippen LogP contribution in [0.4, 0.5) is 0 Å². The van der Waals surface area contributed by atoms with Crippen molar-refractivity contribution in [3.63, 3.8) is 0 Å². The van der Waals surface area contributed by atoms with E-state index in [2.05, 4.69) is 16.7 Å². The van der Waals surface area contributed by atoms with E-state index in [1.165, 1.54) is 51.6 Å². The molecule has 0 radical (unpaired) electrons. The van der Waals surface area contributed by atoms with Crippen LogP contribution in [0.2, 0.25) is 0 Å². The molecule has 0 aromatic rings. The SMILES string of the molecule is CC.CC.CC.CC.CC.CN1CCCCC1.CS(=O)N1CCCCC1.CS(=O)NC(C)(C)C. The number of hydrogen-bond donors (Lipinski definition) is 1. The van der Waals surface area contributed by atoms with Crippen LogP contribution >= 0.6 is 0 Å². The number of nitrogens with one attached hydrogen (secondary N) is 1. The van der Waals surface area contributed by atoms with Crippen molar-refractivity contribution in [3.05, 3.63) is 0 Å². The molecular formula is C27H69N3O2S2. The Balaban J connectivity index is -0.0000000731. The highest BCUT2D eigenvalue weighted by Crippen LogP contribution is 2.09. The molecule has 2 aliphatic heterocycles. The summed E-state index contributed by atoms with van der Waals surface area (Å²) in [5.74, 6) is 0. The summed E-state index contributed by atoms with van der Waals surface area (Å²) in [7, 11) is 0.590. The minimum Gasteiger partial charge on any atom is -0.306 e. The maximum absolute atomic E-state index is 10.8. The van der Waals surface area contributed by atoms with E-state index in [4.69, 9.17) is 0 Å². The summed E-state index contributed by atoms with van der Waals surface area (Å²) in [5.41, 5.74) is -0.0282. The maximum Gasteiger partial charge on any atom is 0.0910 e. The summed E-state index contributed by atoms with van der Waals surface area (Å²) in [6.07, 6.45) is 11.4. The van der Waals surface area contributed by atoms with E-state index in [1.807, 2.05) is 94.3 Å². The first kappa shape index (κ1) is 47.4. The molecule has 0 aromatic heterocycles. The molecule has 2 fully saturated rings. The smallest absolute Gasteiger partial charge is 0.0910 e. The number of hydrogen-bond acceptors (Lipinski definition) is 3. The van der Waals surface area contributed by atoms with Gasteiger partial charge in [-0.2, -0.15) is 0 Å². The Morgan fingerprint density at radius 2 is 0.882 bits per heavy atom. The van der Waals surface area contributed by atoms with Crippen molar-refractivity contribution in [1.82, 2.24) is 13.9 Å². The highest BCUT2D eigenvalue weighted by Gasteiger charge is 2.11. The molecule has 1 N–H and O–H groups in total. The molecule has 2 saturated heterocycles. The first-order chi connectivity index (χ1) is 16.1. The molecule has 2 unspecified atom stereocenters. The summed E-state index contributed by atoms with van der Waals surface area (Å²) in [5, 5.41) is 0. The number of nitrogens with zero attached hydrogens (tertiary/aromatic N) is 2. The van der Waals surface area contributed by atoms with Crippen LogP contribution in [0.15, 0.2) is 0 Å². The van der Waals surface area contributed by atoms with Gasteiger partial charge in [0, 0.05) is 31.1 Å². The van der Waals surface area contributed by atoms with Crippen LogP contribution in [0.3, 0.4) is 0 Å². The number of likely N-dealkylation sites (tertiary alicyclic amines) is 1. The van der Waals surface area contributed by atoms with Gasteiger partial charge in [0.25, 0.3) is 0 Å². The molecule has 2 atom stereocenters. The van der Waals surface area contributed by atoms with E-state index in [1.54, 1.807) is 12.5 Å². The Hall–Kier alpha value is 0.180. The first-order valence-electron chi connectivity index (χ1n) is 14.0. The van der Waals surface area contributed by atoms with Crippen LogP contribution < -0.4 is 4.72 Å². The Labute approximate surface area is 223 Å². The van der Waals surface area contributed by atoms with Crippen molar-refractivity contribution in [2.75, 3.05) is 45.7 Å². The van der Waals surface area contributed by atoms with Crippen molar-refractivity contribution in [1.29, 1.82) is 0 Å². The monoisotopic (exact) mass is 531 g/mol. The second-order valence-electron chi connectivity index (χ2n) is 7.58. The van der Waals surface area contributed by atoms with E-state index in [0.717, 1.165) is 13.1 Å². The minimum atomic E-state index is -0.885. The molecular weight excluding hydrogens is 462 g/mol. The van der Waals surface area contributed by atoms with Crippen LogP contribution in [0.1, 0.15) is 129 Å². The third-order valence-electron chi connectivity index (χ3n) is 3.71. The Morgan fingerprint density at radius 1 is 0.588 bits per heavy atom. The van der Waals surface area contributed by atoms with Crippen LogP contribution in [-0.4, -0.2) is 68.9 Å². The lowest BCUT2D eigenvalue weighted by Crippen LogP contribution is -2.36. The normalized spacial score (nSPS) is 16.7. The lowest BCUT2D eigenvalue weighted by molar-refractivity contribution is 0.277. The fraction of sp³-hybridized carbons (Fsp3) is 1.00. The molecule has 0 amide bonds. The lowest BCUT2D eigenvalue weighted by atomic mass is 10.1. The average molecular weight is 532 g/mol. The standard InChI is InChI=1S/C6H13NOS.C6H13N.C5H13NOS.5C2H6/c1-9(8)7-5-3-2-4-6-7;1-7-5-3-2-4-6-7;1-5(2,3)6-8(4)7;5*1-2/h2-6H2,1H3;2-6H2,1H3;6H,1-4H3;5*1-2H3. The predicted octanol–water partition coefficient (Wildman–Crippen LogP) is 7.67. The summed E-state index contributed by atoms with van der Waals surface area (Å²) >= 11 is 0. The molecule has 0 saturated carbocycles. The third kappa shape index (κ3) is 49.3. The molecule has 0 bridgehead atoms. The molecule has 2 rings (SSSR count). The Morgan fingerprint density at radius 3 is 1.00 bits per heavy atom. The van der Waals surface area contributed by atoms with E-state index >= 15 is 0 Å². The van der Waals surface area contributed by atoms with E-state index in [-0.39, 0.29) is 5.54 Å². The molecule has 2 heterocycles. The second kappa shape index (κ2) is 40.4. The van der Waals surface area contributed by atoms with Gasteiger partial charge in [0.2, 0.25) is 0 Å². The lowest BCUT2D eigenvalue weighted by Gasteiger charge is -2.22. The predicted molar refractivity (Wildman–Crippen MR) is 165 cm³/mol. The molecule has 5 nitrogen and oxygen atoms in total. The zero-order valence-electron chi connectivity index (χ0n) is 26.6. The number of rotatable bonds is 2. The van der Waals surface area contributed by atoms with E-state index in [9.17, 15) is 8.42 Å². The Kier molecular flexibility index (Phi) is 56.2. The van der Waals surface area contributed by atoms with Gasteiger partial charge in [-0.05, 0) is 66.6 Å². The summed E-state index contributed by atoms with van der Waals surface area (Å²) in [6, 6.07) is 0. The van der Waals surface area contributed by atoms with Gasteiger partial charge in [-0.1, -0.05) is 82.1 Å². The molecule has 0 aliphatic carbocycles. The minimum absolute atomic E-state index is 0.0282. The van der Waals surface area contributed by atoms with Gasteiger partial charge in [-0.25, -0.2) is 17.4 Å². The highest BCUT2D eigenvalue weighted by atomic mass is 32.2. The van der Waals surface area contributed by atoms with Crippen LogP contribution in [0, 0.1) is 0 Å². The summed E-state index contributed by atoms with van der Waals surface area (Å²) in [4.78, 5) is 2.39. The van der Waals surface area contributed by atoms with Gasteiger partial charge in [-0.3, -0.25) is 0 Å². The largest absolute Gasteiger partial charge is 0.306 e. The Bertz CT molecular complexity index is 365. The van der Waals surface area contributed by atoms with Gasteiger partial charge in [0.15, 0.2) is 0 Å². The summed E-state index contributed by atoms with van der Waals surface area (Å²) < 4.78 is 26.2. The van der Waals surface area contributed by atoms with Gasteiger partial charge in [-0.15, -0.1) is 0 Å². The molecule has 0 aromatic carbocycles. The zero-order chi connectivity index (χ0) is 28.6. The van der Waals surface area contributed by atoms with Crippen LogP contribution in [0.5, 0.6) is 0 Å². The number of piperidine rings is 2. The topological polar surface area (TPSA) is 52.7 Å². The zero-order valence-corrected chi connectivity index (χ0v) is 28.2. The van der Waals surface area contributed by atoms with Crippen molar-refractivity contribution in [2.45, 2.75) is 134 Å². The third-order valence-corrected chi connectivity index (χ3v) is 5.70. The van der Waals surface area contributed by atoms with Crippen molar-refractivity contribution in [2.24, 2.45) is 0 Å². The fourth-order valence-electron chi connectivity index (χ4n) is 2.61. The molecule has 2 aliphatic rings. The second-order valence-corrected chi connectivity index (χ2v) is 10.1. The van der Waals surface area contributed by atoms with Crippen LogP contribution in [0.25, 0.3) is 0 Å². The van der Waals surface area contributed by atoms with Crippen molar-refractivity contribution < 1.29 is 8.42 Å². The van der Waals surface area contributed by atoms with Gasteiger partial charge >= 0.3 is 0 Å². The summed E-state index contributed by atoms with van der Waals surface area (Å²) in [6.45, 7) is 30.6. The van der Waals surface area contributed by atoms with Gasteiger partial charge < -0.3 is 4.90 Å². The van der Waals surface area contributed by atoms with Crippen molar-refractivity contribution in [3.8, 4) is 0 Å². The van der Waals surface area contributed by atoms with E-state index < -0.39 is 22.0 Å². The van der Waals surface area contributed by atoms with E-state index in [0.29, 0.717) is 0 Å².